The second-order valence-corrected chi connectivity index (χ2v) is 3.03. The van der Waals surface area contributed by atoms with Gasteiger partial charge in [0.15, 0.2) is 5.78 Å². The minimum absolute atomic E-state index is 0.0251. The van der Waals surface area contributed by atoms with Crippen LogP contribution in [0.25, 0.3) is 0 Å². The molecule has 0 N–H and O–H groups in total. The van der Waals surface area contributed by atoms with Crippen LogP contribution < -0.4 is 4.74 Å². The van der Waals surface area contributed by atoms with Crippen molar-refractivity contribution >= 4 is 5.78 Å². The van der Waals surface area contributed by atoms with Crippen LogP contribution in [0.4, 0.5) is 4.39 Å². The summed E-state index contributed by atoms with van der Waals surface area (Å²) in [7, 11) is 0. The molecule has 0 aliphatic heterocycles. The van der Waals surface area contributed by atoms with Crippen LogP contribution in [0, 0.1) is 5.82 Å². The summed E-state index contributed by atoms with van der Waals surface area (Å²) in [5.41, 5.74) is 0. The molecule has 2 nitrogen and oxygen atoms in total. The van der Waals surface area contributed by atoms with Crippen molar-refractivity contribution in [2.24, 2.45) is 0 Å². The quantitative estimate of drug-likeness (QED) is 0.723. The lowest BCUT2D eigenvalue weighted by molar-refractivity contribution is -0.121. The number of carbonyl (C=O) groups is 1. The van der Waals surface area contributed by atoms with Gasteiger partial charge >= 0.3 is 0 Å². The Labute approximate surface area is 82.7 Å². The van der Waals surface area contributed by atoms with Crippen molar-refractivity contribution in [3.8, 4) is 5.75 Å². The highest BCUT2D eigenvalue weighted by Gasteiger charge is 2.01. The normalized spacial score (nSPS) is 9.86. The number of ketones is 1. The minimum Gasteiger partial charge on any atom is -0.486 e. The molecule has 0 bridgehead atoms. The van der Waals surface area contributed by atoms with Crippen molar-refractivity contribution in [1.29, 1.82) is 0 Å². The Morgan fingerprint density at radius 3 is 2.93 bits per heavy atom. The van der Waals surface area contributed by atoms with Gasteiger partial charge in [0, 0.05) is 12.5 Å². The minimum atomic E-state index is -0.356. The summed E-state index contributed by atoms with van der Waals surface area (Å²) in [6.45, 7) is 1.96. The fourth-order valence-corrected chi connectivity index (χ4v) is 1.07. The van der Waals surface area contributed by atoms with Crippen LogP contribution in [0.2, 0.25) is 0 Å². The van der Waals surface area contributed by atoms with Crippen LogP contribution in [-0.4, -0.2) is 12.4 Å². The highest BCUT2D eigenvalue weighted by molar-refractivity contribution is 5.79. The maximum atomic E-state index is 12.7. The van der Waals surface area contributed by atoms with Crippen LogP contribution in [0.3, 0.4) is 0 Å². The van der Waals surface area contributed by atoms with E-state index in [0.717, 1.165) is 6.42 Å². The van der Waals surface area contributed by atoms with E-state index in [1.807, 2.05) is 6.92 Å². The molecule has 0 saturated heterocycles. The Hall–Kier alpha value is -1.38. The van der Waals surface area contributed by atoms with Crippen molar-refractivity contribution in [2.45, 2.75) is 19.8 Å². The molecule has 0 aromatic heterocycles. The summed E-state index contributed by atoms with van der Waals surface area (Å²) in [5, 5.41) is 0. The molecule has 14 heavy (non-hydrogen) atoms. The van der Waals surface area contributed by atoms with Crippen molar-refractivity contribution in [1.82, 2.24) is 0 Å². The summed E-state index contributed by atoms with van der Waals surface area (Å²) >= 11 is 0. The van der Waals surface area contributed by atoms with Crippen molar-refractivity contribution in [2.75, 3.05) is 6.61 Å². The highest BCUT2D eigenvalue weighted by Crippen LogP contribution is 2.11. The standard InChI is InChI=1S/C11H13FO2/c1-2-4-10(13)8-14-11-6-3-5-9(12)7-11/h3,5-7H,2,4,8H2,1H3. The van der Waals surface area contributed by atoms with E-state index in [9.17, 15) is 9.18 Å². The van der Waals surface area contributed by atoms with Crippen LogP contribution >= 0.6 is 0 Å². The Balaban J connectivity index is 2.41. The van der Waals surface area contributed by atoms with Gasteiger partial charge in [-0.15, -0.1) is 0 Å². The molecule has 0 atom stereocenters. The van der Waals surface area contributed by atoms with Crippen LogP contribution in [0.5, 0.6) is 5.75 Å². The van der Waals surface area contributed by atoms with Gasteiger partial charge in [0.2, 0.25) is 0 Å². The number of hydrogen-bond acceptors (Lipinski definition) is 2. The van der Waals surface area contributed by atoms with E-state index in [2.05, 4.69) is 0 Å². The van der Waals surface area contributed by atoms with E-state index in [1.54, 1.807) is 12.1 Å². The third kappa shape index (κ3) is 3.56. The van der Waals surface area contributed by atoms with Crippen molar-refractivity contribution < 1.29 is 13.9 Å². The topological polar surface area (TPSA) is 26.3 Å². The zero-order valence-electron chi connectivity index (χ0n) is 8.13. The molecule has 0 fully saturated rings. The number of rotatable bonds is 5. The van der Waals surface area contributed by atoms with Gasteiger partial charge in [0.25, 0.3) is 0 Å². The number of carbonyl (C=O) groups excluding carboxylic acids is 1. The second-order valence-electron chi connectivity index (χ2n) is 3.03. The van der Waals surface area contributed by atoms with Gasteiger partial charge < -0.3 is 4.74 Å². The lowest BCUT2D eigenvalue weighted by atomic mass is 10.2. The molecule has 1 aromatic carbocycles. The van der Waals surface area contributed by atoms with Gasteiger partial charge in [0.05, 0.1) is 0 Å². The number of Topliss-reactive ketones (excluding diaryl/α,β-unsaturated/α-hetero) is 1. The van der Waals surface area contributed by atoms with E-state index in [1.165, 1.54) is 12.1 Å². The molecular weight excluding hydrogens is 183 g/mol. The maximum absolute atomic E-state index is 12.7. The first kappa shape index (κ1) is 10.7. The van der Waals surface area contributed by atoms with Crippen molar-refractivity contribution in [3.63, 3.8) is 0 Å². The smallest absolute Gasteiger partial charge is 0.170 e. The Morgan fingerprint density at radius 2 is 2.29 bits per heavy atom. The average molecular weight is 196 g/mol. The van der Waals surface area contributed by atoms with Gasteiger partial charge in [-0.2, -0.15) is 0 Å². The molecule has 0 amide bonds. The van der Waals surface area contributed by atoms with Gasteiger partial charge in [-0.1, -0.05) is 13.0 Å². The van der Waals surface area contributed by atoms with Crippen molar-refractivity contribution in [3.05, 3.63) is 30.1 Å². The average Bonchev–Trinajstić information content (AvgIpc) is 2.15. The lowest BCUT2D eigenvalue weighted by Gasteiger charge is -2.04. The molecule has 0 aliphatic rings. The SMILES string of the molecule is CCCC(=O)COc1cccc(F)c1. The third-order valence-electron chi connectivity index (χ3n) is 1.72. The summed E-state index contributed by atoms with van der Waals surface area (Å²) in [6, 6.07) is 5.78. The van der Waals surface area contributed by atoms with E-state index < -0.39 is 0 Å². The first-order valence-electron chi connectivity index (χ1n) is 4.62. The lowest BCUT2D eigenvalue weighted by Crippen LogP contribution is -2.10. The number of benzene rings is 1. The largest absolute Gasteiger partial charge is 0.486 e. The number of halogens is 1. The summed E-state index contributed by atoms with van der Waals surface area (Å²) in [6.07, 6.45) is 1.32. The molecule has 1 aromatic rings. The zero-order chi connectivity index (χ0) is 10.4. The predicted octanol–water partition coefficient (Wildman–Crippen LogP) is 2.57. The fourth-order valence-electron chi connectivity index (χ4n) is 1.07. The molecule has 0 aliphatic carbocycles. The van der Waals surface area contributed by atoms with Gasteiger partial charge in [-0.05, 0) is 18.6 Å². The van der Waals surface area contributed by atoms with Crippen LogP contribution in [-0.2, 0) is 4.79 Å². The van der Waals surface area contributed by atoms with Crippen LogP contribution in [0.15, 0.2) is 24.3 Å². The maximum Gasteiger partial charge on any atom is 0.170 e. The second kappa shape index (κ2) is 5.37. The highest BCUT2D eigenvalue weighted by atomic mass is 19.1. The molecule has 0 saturated carbocycles. The first-order valence-corrected chi connectivity index (χ1v) is 4.62. The Kier molecular flexibility index (Phi) is 4.11. The number of ether oxygens (including phenoxy) is 1. The Bertz CT molecular complexity index is 310. The summed E-state index contributed by atoms with van der Waals surface area (Å²) in [5.74, 6) is 0.0802. The van der Waals surface area contributed by atoms with Crippen LogP contribution in [0.1, 0.15) is 19.8 Å². The monoisotopic (exact) mass is 196 g/mol. The third-order valence-corrected chi connectivity index (χ3v) is 1.72. The molecule has 0 heterocycles. The molecule has 1 rings (SSSR count). The molecule has 76 valence electrons. The van der Waals surface area contributed by atoms with E-state index in [-0.39, 0.29) is 18.2 Å². The van der Waals surface area contributed by atoms with E-state index >= 15 is 0 Å². The van der Waals surface area contributed by atoms with Gasteiger partial charge in [0.1, 0.15) is 18.2 Å². The summed E-state index contributed by atoms with van der Waals surface area (Å²) < 4.78 is 17.8. The molecule has 0 spiro atoms. The molecule has 0 unspecified atom stereocenters. The summed E-state index contributed by atoms with van der Waals surface area (Å²) in [4.78, 5) is 11.1. The van der Waals surface area contributed by atoms with Gasteiger partial charge in [-0.3, -0.25) is 4.79 Å². The van der Waals surface area contributed by atoms with E-state index in [4.69, 9.17) is 4.74 Å². The fraction of sp³-hybridized carbons (Fsp3) is 0.364. The molecule has 3 heteroatoms. The molecular formula is C11H13FO2. The number of hydrogen-bond donors (Lipinski definition) is 0. The predicted molar refractivity (Wildman–Crippen MR) is 51.8 cm³/mol. The van der Waals surface area contributed by atoms with E-state index in [0.29, 0.717) is 12.2 Å². The molecule has 0 radical (unpaired) electrons. The zero-order valence-corrected chi connectivity index (χ0v) is 8.13. The van der Waals surface area contributed by atoms with Gasteiger partial charge in [-0.25, -0.2) is 4.39 Å². The first-order chi connectivity index (χ1) is 6.72. The Morgan fingerprint density at radius 1 is 1.50 bits per heavy atom.